The summed E-state index contributed by atoms with van der Waals surface area (Å²) in [5.74, 6) is 2.24. The van der Waals surface area contributed by atoms with Gasteiger partial charge in [-0.05, 0) is 120 Å². The Balaban J connectivity index is 0.914. The van der Waals surface area contributed by atoms with E-state index in [9.17, 15) is 5.26 Å². The maximum Gasteiger partial charge on any atom is 0.160 e. The van der Waals surface area contributed by atoms with Crippen LogP contribution in [-0.4, -0.2) is 9.97 Å². The molecule has 0 unspecified atom stereocenters. The molecule has 0 aliphatic carbocycles. The van der Waals surface area contributed by atoms with E-state index in [4.69, 9.17) is 14.7 Å². The lowest BCUT2D eigenvalue weighted by atomic mass is 9.89. The lowest BCUT2D eigenvalue weighted by Crippen LogP contribution is -1.98. The Morgan fingerprint density at radius 2 is 0.949 bits per heavy atom. The van der Waals surface area contributed by atoms with Gasteiger partial charge in [-0.2, -0.15) is 5.26 Å². The number of nitrogens with zero attached hydrogens (tertiary/aromatic N) is 3. The Hall–Kier alpha value is -8.13. The first kappa shape index (κ1) is 33.1. The van der Waals surface area contributed by atoms with Crippen LogP contribution in [0.25, 0.3) is 110 Å². The van der Waals surface area contributed by atoms with E-state index < -0.39 is 0 Å². The van der Waals surface area contributed by atoms with Crippen LogP contribution in [0.5, 0.6) is 11.5 Å². The van der Waals surface area contributed by atoms with E-state index in [2.05, 4.69) is 140 Å². The van der Waals surface area contributed by atoms with Gasteiger partial charge in [-0.15, -0.1) is 0 Å². The SMILES string of the molecule is N#Cc1ccc2c(c1)Oc1ccc(-c3ccc(-c4cc5ccc6cc(-c7nc(-c8ccccc8)cc(-c8ccccc8)n7)cc7ccc(c4)c5c67)cc3)c3cccc-2c13. The van der Waals surface area contributed by atoms with Crippen LogP contribution in [0.4, 0.5) is 0 Å². The van der Waals surface area contributed by atoms with Crippen molar-refractivity contribution in [2.75, 3.05) is 0 Å². The normalized spacial score (nSPS) is 11.8. The van der Waals surface area contributed by atoms with E-state index in [-0.39, 0.29) is 0 Å². The van der Waals surface area contributed by atoms with Crippen LogP contribution in [0, 0.1) is 11.3 Å². The first-order valence-corrected chi connectivity index (χ1v) is 19.8. The van der Waals surface area contributed by atoms with Gasteiger partial charge in [0.1, 0.15) is 11.5 Å². The fourth-order valence-corrected chi connectivity index (χ4v) is 9.02. The molecule has 12 rings (SSSR count). The summed E-state index contributed by atoms with van der Waals surface area (Å²) in [7, 11) is 0. The fraction of sp³-hybridized carbons (Fsp3) is 0. The van der Waals surface area contributed by atoms with E-state index in [0.717, 1.165) is 72.6 Å². The Bertz CT molecular complexity index is 3390. The summed E-state index contributed by atoms with van der Waals surface area (Å²) in [5, 5.41) is 19.0. The highest BCUT2D eigenvalue weighted by Crippen LogP contribution is 2.49. The van der Waals surface area contributed by atoms with Gasteiger partial charge >= 0.3 is 0 Å². The van der Waals surface area contributed by atoms with Gasteiger partial charge in [0.05, 0.1) is 23.0 Å². The van der Waals surface area contributed by atoms with Crippen LogP contribution in [0.15, 0.2) is 188 Å². The Morgan fingerprint density at radius 3 is 1.56 bits per heavy atom. The Labute approximate surface area is 340 Å². The van der Waals surface area contributed by atoms with Crippen molar-refractivity contribution in [1.29, 1.82) is 5.26 Å². The molecule has 0 atom stereocenters. The molecule has 1 aliphatic rings. The van der Waals surface area contributed by atoms with Gasteiger partial charge in [0.25, 0.3) is 0 Å². The van der Waals surface area contributed by atoms with Gasteiger partial charge in [0.15, 0.2) is 5.82 Å². The summed E-state index contributed by atoms with van der Waals surface area (Å²) >= 11 is 0. The van der Waals surface area contributed by atoms with Gasteiger partial charge < -0.3 is 4.74 Å². The van der Waals surface area contributed by atoms with Crippen LogP contribution >= 0.6 is 0 Å². The lowest BCUT2D eigenvalue weighted by Gasteiger charge is -2.22. The van der Waals surface area contributed by atoms with Crippen LogP contribution in [0.2, 0.25) is 0 Å². The van der Waals surface area contributed by atoms with Crippen LogP contribution in [0.1, 0.15) is 5.56 Å². The largest absolute Gasteiger partial charge is 0.456 e. The van der Waals surface area contributed by atoms with Gasteiger partial charge in [-0.1, -0.05) is 133 Å². The van der Waals surface area contributed by atoms with E-state index >= 15 is 0 Å². The van der Waals surface area contributed by atoms with Gasteiger partial charge in [0.2, 0.25) is 0 Å². The molecular weight excluding hydrogens is 719 g/mol. The highest BCUT2D eigenvalue weighted by Gasteiger charge is 2.22. The molecule has 1 aromatic heterocycles. The third-order valence-corrected chi connectivity index (χ3v) is 11.8. The molecule has 0 N–H and O–H groups in total. The van der Waals surface area contributed by atoms with E-state index in [1.54, 1.807) is 0 Å². The molecule has 0 saturated carbocycles. The highest BCUT2D eigenvalue weighted by atomic mass is 16.5. The monoisotopic (exact) mass is 749 g/mol. The number of hydrogen-bond donors (Lipinski definition) is 0. The molecule has 2 heterocycles. The molecule has 0 radical (unpaired) electrons. The third-order valence-electron chi connectivity index (χ3n) is 11.8. The van der Waals surface area contributed by atoms with Crippen molar-refractivity contribution in [3.05, 3.63) is 194 Å². The van der Waals surface area contributed by atoms with Crippen molar-refractivity contribution >= 4 is 43.1 Å². The minimum absolute atomic E-state index is 0.588. The first-order valence-electron chi connectivity index (χ1n) is 19.8. The molecule has 0 saturated heterocycles. The minimum Gasteiger partial charge on any atom is -0.456 e. The third kappa shape index (κ3) is 5.37. The summed E-state index contributed by atoms with van der Waals surface area (Å²) in [6.07, 6.45) is 0. The number of fused-ring (bicyclic) bond motifs is 2. The molecule has 10 aromatic carbocycles. The van der Waals surface area contributed by atoms with E-state index in [1.165, 1.54) is 43.4 Å². The maximum absolute atomic E-state index is 9.45. The predicted octanol–water partition coefficient (Wildman–Crippen LogP) is 14.5. The number of hydrogen-bond acceptors (Lipinski definition) is 4. The summed E-state index contributed by atoms with van der Waals surface area (Å²) < 4.78 is 6.35. The first-order chi connectivity index (χ1) is 29.1. The minimum atomic E-state index is 0.588. The zero-order valence-corrected chi connectivity index (χ0v) is 31.6. The second-order valence-corrected chi connectivity index (χ2v) is 15.3. The second kappa shape index (κ2) is 13.0. The molecule has 1 aliphatic heterocycles. The van der Waals surface area contributed by atoms with Crippen LogP contribution < -0.4 is 4.74 Å². The van der Waals surface area contributed by atoms with Crippen LogP contribution in [-0.2, 0) is 0 Å². The van der Waals surface area contributed by atoms with Crippen molar-refractivity contribution in [2.45, 2.75) is 0 Å². The average molecular weight is 750 g/mol. The molecule has 4 heteroatoms. The number of benzene rings is 10. The quantitative estimate of drug-likeness (QED) is 0.164. The summed E-state index contributed by atoms with van der Waals surface area (Å²) in [6.45, 7) is 0. The standard InChI is InChI=1S/C55H31N3O/c56-32-33-14-23-45-47-13-7-12-46-44(24-25-50(54(46)47)59-51(45)26-33)35-17-15-34(16-18-35)42-27-38-19-21-40-29-43(30-41-22-20-39(28-42)52(38)53(40)41)55-57-48(36-8-3-1-4-9-36)31-49(58-55)37-10-5-2-6-11-37/h1-31H. The van der Waals surface area contributed by atoms with Crippen molar-refractivity contribution in [1.82, 2.24) is 9.97 Å². The molecule has 59 heavy (non-hydrogen) atoms. The summed E-state index contributed by atoms with van der Waals surface area (Å²) in [5.41, 5.74) is 12.3. The van der Waals surface area contributed by atoms with Crippen LogP contribution in [0.3, 0.4) is 0 Å². The highest BCUT2D eigenvalue weighted by molar-refractivity contribution is 6.24. The molecule has 272 valence electrons. The van der Waals surface area contributed by atoms with Crippen molar-refractivity contribution in [3.63, 3.8) is 0 Å². The summed E-state index contributed by atoms with van der Waals surface area (Å²) in [4.78, 5) is 10.2. The van der Waals surface area contributed by atoms with E-state index in [1.807, 2.05) is 54.6 Å². The zero-order valence-electron chi connectivity index (χ0n) is 31.6. The fourth-order valence-electron chi connectivity index (χ4n) is 9.02. The number of rotatable bonds is 5. The van der Waals surface area contributed by atoms with Crippen molar-refractivity contribution in [3.8, 4) is 84.9 Å². The second-order valence-electron chi connectivity index (χ2n) is 15.3. The molecule has 0 spiro atoms. The average Bonchev–Trinajstić information content (AvgIpc) is 3.31. The van der Waals surface area contributed by atoms with Crippen molar-refractivity contribution < 1.29 is 4.74 Å². The molecule has 0 amide bonds. The maximum atomic E-state index is 9.45. The molecule has 11 aromatic rings. The zero-order chi connectivity index (χ0) is 39.0. The van der Waals surface area contributed by atoms with Gasteiger partial charge in [0, 0.05) is 27.6 Å². The number of nitriles is 1. The Morgan fingerprint density at radius 1 is 0.373 bits per heavy atom. The molecule has 0 fully saturated rings. The predicted molar refractivity (Wildman–Crippen MR) is 241 cm³/mol. The molecule has 4 nitrogen and oxygen atoms in total. The molecular formula is C55H31N3O. The van der Waals surface area contributed by atoms with Gasteiger partial charge in [-0.25, -0.2) is 9.97 Å². The summed E-state index contributed by atoms with van der Waals surface area (Å²) in [6, 6.07) is 68.2. The number of aromatic nitrogens is 2. The smallest absolute Gasteiger partial charge is 0.160 e. The lowest BCUT2D eigenvalue weighted by molar-refractivity contribution is 0.487. The van der Waals surface area contributed by atoms with E-state index in [0.29, 0.717) is 11.4 Å². The molecule has 0 bridgehead atoms. The topological polar surface area (TPSA) is 58.8 Å². The van der Waals surface area contributed by atoms with Crippen molar-refractivity contribution in [2.24, 2.45) is 0 Å². The Kier molecular flexibility index (Phi) is 7.26. The van der Waals surface area contributed by atoms with Gasteiger partial charge in [-0.3, -0.25) is 0 Å². The number of ether oxygens (including phenoxy) is 1.